The Morgan fingerprint density at radius 1 is 1.10 bits per heavy atom. The number of nitrogens with two attached hydrogens (primary N) is 1. The Balaban J connectivity index is 2.23. The van der Waals surface area contributed by atoms with Gasteiger partial charge in [-0.15, -0.1) is 0 Å². The summed E-state index contributed by atoms with van der Waals surface area (Å²) >= 11 is 0. The lowest BCUT2D eigenvalue weighted by atomic mass is 9.79. The average molecular weight is 279 g/mol. The number of guanidine groups is 1. The van der Waals surface area contributed by atoms with Crippen molar-refractivity contribution in [3.05, 3.63) is 70.8 Å². The number of aliphatic imine (C=N–C) groups is 1. The van der Waals surface area contributed by atoms with E-state index in [1.807, 2.05) is 13.1 Å². The lowest BCUT2D eigenvalue weighted by molar-refractivity contribution is 0.295. The van der Waals surface area contributed by atoms with E-state index < -0.39 is 0 Å². The van der Waals surface area contributed by atoms with Gasteiger partial charge in [0.25, 0.3) is 0 Å². The summed E-state index contributed by atoms with van der Waals surface area (Å²) in [5.41, 5.74) is 10.8. The van der Waals surface area contributed by atoms with Gasteiger partial charge < -0.3 is 10.6 Å². The number of hydrogen-bond acceptors (Lipinski definition) is 3. The van der Waals surface area contributed by atoms with Crippen molar-refractivity contribution in [3.63, 3.8) is 0 Å². The van der Waals surface area contributed by atoms with Crippen molar-refractivity contribution in [1.29, 1.82) is 0 Å². The lowest BCUT2D eigenvalue weighted by Crippen LogP contribution is -2.48. The maximum absolute atomic E-state index is 6.08. The second kappa shape index (κ2) is 4.92. The zero-order valence-electron chi connectivity index (χ0n) is 12.8. The summed E-state index contributed by atoms with van der Waals surface area (Å²) < 4.78 is 0. The van der Waals surface area contributed by atoms with Crippen molar-refractivity contribution in [2.75, 3.05) is 13.6 Å². The van der Waals surface area contributed by atoms with Crippen LogP contribution in [0.2, 0.25) is 0 Å². The van der Waals surface area contributed by atoms with Gasteiger partial charge in [0.2, 0.25) is 0 Å². The van der Waals surface area contributed by atoms with E-state index >= 15 is 0 Å². The Hall–Kier alpha value is -2.29. The molecule has 1 aliphatic rings. The molecule has 3 rings (SSSR count). The first-order valence-electron chi connectivity index (χ1n) is 7.23. The predicted molar refractivity (Wildman–Crippen MR) is 87.4 cm³/mol. The van der Waals surface area contributed by atoms with Gasteiger partial charge in [0.1, 0.15) is 5.54 Å². The van der Waals surface area contributed by atoms with Gasteiger partial charge in [0.05, 0.1) is 6.54 Å². The van der Waals surface area contributed by atoms with Crippen LogP contribution in [-0.2, 0) is 5.54 Å². The fraction of sp³-hybridized carbons (Fsp3) is 0.278. The van der Waals surface area contributed by atoms with Crippen LogP contribution in [0.1, 0.15) is 22.3 Å². The first-order chi connectivity index (χ1) is 10.1. The average Bonchev–Trinajstić information content (AvgIpc) is 2.78. The van der Waals surface area contributed by atoms with Gasteiger partial charge in [-0.25, -0.2) is 0 Å². The number of rotatable bonds is 2. The van der Waals surface area contributed by atoms with Gasteiger partial charge in [-0.2, -0.15) is 0 Å². The van der Waals surface area contributed by atoms with Crippen LogP contribution in [0.5, 0.6) is 0 Å². The van der Waals surface area contributed by atoms with E-state index in [1.54, 1.807) is 0 Å². The maximum Gasteiger partial charge on any atom is 0.192 e. The Kier molecular flexibility index (Phi) is 3.20. The van der Waals surface area contributed by atoms with Gasteiger partial charge in [0.15, 0.2) is 5.96 Å². The molecule has 2 N–H and O–H groups in total. The topological polar surface area (TPSA) is 41.6 Å². The molecule has 0 aliphatic carbocycles. The predicted octanol–water partition coefficient (Wildman–Crippen LogP) is 2.81. The molecule has 21 heavy (non-hydrogen) atoms. The standard InChI is InChI=1S/C18H21N3/c1-13-9-10-16(14(2)11-13)18(12-20-17(19)21(18)3)15-7-5-4-6-8-15/h4-11H,12H2,1-3H3,(H2,19,20). The monoisotopic (exact) mass is 279 g/mol. The highest BCUT2D eigenvalue weighted by Gasteiger charge is 2.44. The van der Waals surface area contributed by atoms with Crippen LogP contribution >= 0.6 is 0 Å². The highest BCUT2D eigenvalue weighted by molar-refractivity contribution is 5.82. The van der Waals surface area contributed by atoms with E-state index in [0.717, 1.165) is 0 Å². The smallest absolute Gasteiger partial charge is 0.192 e. The third kappa shape index (κ3) is 2.00. The summed E-state index contributed by atoms with van der Waals surface area (Å²) in [7, 11) is 2.03. The van der Waals surface area contributed by atoms with Crippen molar-refractivity contribution in [2.45, 2.75) is 19.4 Å². The fourth-order valence-electron chi connectivity index (χ4n) is 3.30. The molecule has 1 atom stereocenters. The molecule has 0 saturated heterocycles. The summed E-state index contributed by atoms with van der Waals surface area (Å²) in [6.45, 7) is 4.94. The van der Waals surface area contributed by atoms with Crippen LogP contribution < -0.4 is 5.73 Å². The van der Waals surface area contributed by atoms with Crippen molar-refractivity contribution in [3.8, 4) is 0 Å². The number of aryl methyl sites for hydroxylation is 2. The Morgan fingerprint density at radius 3 is 2.38 bits per heavy atom. The molecule has 0 fully saturated rings. The minimum absolute atomic E-state index is 0.302. The van der Waals surface area contributed by atoms with Gasteiger partial charge in [-0.3, -0.25) is 4.99 Å². The molecule has 3 nitrogen and oxygen atoms in total. The van der Waals surface area contributed by atoms with Crippen LogP contribution in [0, 0.1) is 13.8 Å². The highest BCUT2D eigenvalue weighted by atomic mass is 15.3. The van der Waals surface area contributed by atoms with Crippen molar-refractivity contribution >= 4 is 5.96 Å². The van der Waals surface area contributed by atoms with E-state index in [4.69, 9.17) is 5.73 Å². The molecule has 2 aromatic rings. The quantitative estimate of drug-likeness (QED) is 0.918. The second-order valence-corrected chi connectivity index (χ2v) is 5.78. The molecule has 3 heteroatoms. The summed E-state index contributed by atoms with van der Waals surface area (Å²) in [5, 5.41) is 0. The van der Waals surface area contributed by atoms with Crippen molar-refractivity contribution in [1.82, 2.24) is 4.90 Å². The van der Waals surface area contributed by atoms with E-state index in [1.165, 1.54) is 22.3 Å². The second-order valence-electron chi connectivity index (χ2n) is 5.78. The molecule has 2 aromatic carbocycles. The summed E-state index contributed by atoms with van der Waals surface area (Å²) in [6, 6.07) is 17.1. The van der Waals surface area contributed by atoms with Crippen LogP contribution in [0.25, 0.3) is 0 Å². The maximum atomic E-state index is 6.08. The van der Waals surface area contributed by atoms with Gasteiger partial charge in [0, 0.05) is 7.05 Å². The molecular weight excluding hydrogens is 258 g/mol. The molecule has 0 bridgehead atoms. The van der Waals surface area contributed by atoms with E-state index in [-0.39, 0.29) is 5.54 Å². The molecule has 0 aromatic heterocycles. The highest BCUT2D eigenvalue weighted by Crippen LogP contribution is 2.40. The number of benzene rings is 2. The number of likely N-dealkylation sites (N-methyl/N-ethyl adjacent to an activating group) is 1. The molecule has 0 amide bonds. The molecule has 108 valence electrons. The van der Waals surface area contributed by atoms with Crippen molar-refractivity contribution in [2.24, 2.45) is 10.7 Å². The lowest BCUT2D eigenvalue weighted by Gasteiger charge is -2.39. The van der Waals surface area contributed by atoms with Gasteiger partial charge >= 0.3 is 0 Å². The first-order valence-corrected chi connectivity index (χ1v) is 7.23. The fourth-order valence-corrected chi connectivity index (χ4v) is 3.30. The van der Waals surface area contributed by atoms with Crippen molar-refractivity contribution < 1.29 is 0 Å². The molecule has 1 aliphatic heterocycles. The largest absolute Gasteiger partial charge is 0.370 e. The zero-order valence-corrected chi connectivity index (χ0v) is 12.8. The third-order valence-corrected chi connectivity index (χ3v) is 4.46. The first kappa shape index (κ1) is 13.7. The van der Waals surface area contributed by atoms with Crippen LogP contribution in [0.15, 0.2) is 53.5 Å². The zero-order chi connectivity index (χ0) is 15.0. The minimum Gasteiger partial charge on any atom is -0.370 e. The Bertz CT molecular complexity index is 691. The summed E-state index contributed by atoms with van der Waals surface area (Å²) in [5.74, 6) is 0.596. The molecule has 1 heterocycles. The number of nitrogens with zero attached hydrogens (tertiary/aromatic N) is 2. The van der Waals surface area contributed by atoms with E-state index in [9.17, 15) is 0 Å². The molecule has 0 radical (unpaired) electrons. The van der Waals surface area contributed by atoms with Crippen LogP contribution in [-0.4, -0.2) is 24.5 Å². The normalized spacial score (nSPS) is 21.5. The van der Waals surface area contributed by atoms with Gasteiger partial charge in [-0.05, 0) is 30.5 Å². The molecule has 1 unspecified atom stereocenters. The van der Waals surface area contributed by atoms with E-state index in [0.29, 0.717) is 12.5 Å². The molecule has 0 saturated carbocycles. The van der Waals surface area contributed by atoms with Crippen LogP contribution in [0.3, 0.4) is 0 Å². The molecule has 0 spiro atoms. The summed E-state index contributed by atoms with van der Waals surface area (Å²) in [6.07, 6.45) is 0. The van der Waals surface area contributed by atoms with E-state index in [2.05, 4.69) is 66.2 Å². The SMILES string of the molecule is Cc1ccc(C2(c3ccccc3)CN=C(N)N2C)c(C)c1. The Morgan fingerprint density at radius 2 is 1.81 bits per heavy atom. The number of hydrogen-bond donors (Lipinski definition) is 1. The van der Waals surface area contributed by atoms with Crippen LogP contribution in [0.4, 0.5) is 0 Å². The van der Waals surface area contributed by atoms with Gasteiger partial charge in [-0.1, -0.05) is 54.1 Å². The minimum atomic E-state index is -0.302. The summed E-state index contributed by atoms with van der Waals surface area (Å²) in [4.78, 5) is 6.60. The third-order valence-electron chi connectivity index (χ3n) is 4.46. The Labute approximate surface area is 126 Å². The molecular formula is C18H21N3.